The van der Waals surface area contributed by atoms with Crippen molar-refractivity contribution in [3.8, 4) is 5.95 Å². The summed E-state index contributed by atoms with van der Waals surface area (Å²) in [5, 5.41) is 4.31. The van der Waals surface area contributed by atoms with Crippen LogP contribution in [0.2, 0.25) is 0 Å². The third-order valence-electron chi connectivity index (χ3n) is 4.26. The number of aromatic nitrogens is 5. The molecule has 8 heteroatoms. The summed E-state index contributed by atoms with van der Waals surface area (Å²) in [6.07, 6.45) is 5.44. The van der Waals surface area contributed by atoms with Crippen LogP contribution in [0.4, 0.5) is 0 Å². The van der Waals surface area contributed by atoms with Crippen molar-refractivity contribution < 1.29 is 9.53 Å². The fourth-order valence-corrected chi connectivity index (χ4v) is 3.04. The lowest BCUT2D eigenvalue weighted by atomic mass is 10.2. The van der Waals surface area contributed by atoms with Crippen LogP contribution in [0.25, 0.3) is 5.95 Å². The second-order valence-electron chi connectivity index (χ2n) is 5.86. The highest BCUT2D eigenvalue weighted by Crippen LogP contribution is 2.18. The molecule has 0 saturated carbocycles. The molecule has 8 nitrogen and oxygen atoms in total. The highest BCUT2D eigenvalue weighted by molar-refractivity contribution is 5.87. The van der Waals surface area contributed by atoms with Gasteiger partial charge in [0, 0.05) is 43.9 Å². The molecule has 0 amide bonds. The number of nitrogens with zero attached hydrogens (tertiary/aromatic N) is 6. The molecule has 128 valence electrons. The van der Waals surface area contributed by atoms with Gasteiger partial charge in [0.25, 0.3) is 0 Å². The number of esters is 1. The van der Waals surface area contributed by atoms with Crippen molar-refractivity contribution in [1.29, 1.82) is 0 Å². The molecule has 1 aliphatic heterocycles. The first-order valence-electron chi connectivity index (χ1n) is 8.05. The van der Waals surface area contributed by atoms with Gasteiger partial charge in [0.15, 0.2) is 5.69 Å². The first kappa shape index (κ1) is 15.5. The second-order valence-corrected chi connectivity index (χ2v) is 5.86. The smallest absolute Gasteiger partial charge is 0.358 e. The van der Waals surface area contributed by atoms with E-state index >= 15 is 0 Å². The van der Waals surface area contributed by atoms with Gasteiger partial charge in [-0.05, 0) is 24.3 Å². The Kier molecular flexibility index (Phi) is 4.02. The Morgan fingerprint density at radius 2 is 2.08 bits per heavy atom. The minimum absolute atomic E-state index is 0.361. The molecular formula is C17H18N6O2. The van der Waals surface area contributed by atoms with Crippen molar-refractivity contribution in [3.63, 3.8) is 0 Å². The SMILES string of the molecule is COC(=O)c1cc2n(n1)CCN(Cc1cccn1-c1ncccn1)C2. The lowest BCUT2D eigenvalue weighted by molar-refractivity contribution is 0.0593. The van der Waals surface area contributed by atoms with Crippen LogP contribution in [-0.4, -0.2) is 48.8 Å². The normalized spacial score (nSPS) is 14.3. The van der Waals surface area contributed by atoms with Gasteiger partial charge in [0.2, 0.25) is 5.95 Å². The largest absolute Gasteiger partial charge is 0.464 e. The topological polar surface area (TPSA) is 78.1 Å². The monoisotopic (exact) mass is 338 g/mol. The van der Waals surface area contributed by atoms with Crippen LogP contribution in [0, 0.1) is 0 Å². The van der Waals surface area contributed by atoms with Crippen LogP contribution < -0.4 is 0 Å². The Morgan fingerprint density at radius 3 is 2.88 bits per heavy atom. The maximum atomic E-state index is 11.6. The zero-order valence-corrected chi connectivity index (χ0v) is 13.9. The van der Waals surface area contributed by atoms with Gasteiger partial charge in [-0.3, -0.25) is 14.1 Å². The first-order chi connectivity index (χ1) is 12.2. The van der Waals surface area contributed by atoms with Crippen LogP contribution in [0.3, 0.4) is 0 Å². The van der Waals surface area contributed by atoms with Crippen molar-refractivity contribution >= 4 is 5.97 Å². The van der Waals surface area contributed by atoms with Gasteiger partial charge in [-0.1, -0.05) is 0 Å². The van der Waals surface area contributed by atoms with E-state index in [1.54, 1.807) is 24.5 Å². The van der Waals surface area contributed by atoms with Crippen LogP contribution in [0.5, 0.6) is 0 Å². The van der Waals surface area contributed by atoms with Crippen molar-refractivity contribution in [2.45, 2.75) is 19.6 Å². The predicted octanol–water partition coefficient (Wildman–Crippen LogP) is 1.27. The van der Waals surface area contributed by atoms with Crippen LogP contribution in [0.1, 0.15) is 21.9 Å². The molecule has 0 spiro atoms. The summed E-state index contributed by atoms with van der Waals surface area (Å²) in [6, 6.07) is 7.67. The Labute approximate surface area is 144 Å². The van der Waals surface area contributed by atoms with Crippen LogP contribution >= 0.6 is 0 Å². The van der Waals surface area contributed by atoms with E-state index in [0.29, 0.717) is 11.6 Å². The Balaban J connectivity index is 1.51. The minimum Gasteiger partial charge on any atom is -0.464 e. The summed E-state index contributed by atoms with van der Waals surface area (Å²) in [7, 11) is 1.37. The number of carbonyl (C=O) groups excluding carboxylic acids is 1. The molecule has 1 aliphatic rings. The number of hydrogen-bond donors (Lipinski definition) is 0. The van der Waals surface area contributed by atoms with Gasteiger partial charge in [0.05, 0.1) is 19.3 Å². The van der Waals surface area contributed by atoms with Gasteiger partial charge < -0.3 is 4.74 Å². The van der Waals surface area contributed by atoms with E-state index in [2.05, 4.69) is 26.0 Å². The number of carbonyl (C=O) groups is 1. The molecule has 0 aliphatic carbocycles. The highest BCUT2D eigenvalue weighted by Gasteiger charge is 2.22. The summed E-state index contributed by atoms with van der Waals surface area (Å²) >= 11 is 0. The Bertz CT molecular complexity index is 886. The summed E-state index contributed by atoms with van der Waals surface area (Å²) in [5.41, 5.74) is 2.49. The molecule has 3 aromatic rings. The average Bonchev–Trinajstić information content (AvgIpc) is 3.28. The number of hydrogen-bond acceptors (Lipinski definition) is 6. The lowest BCUT2D eigenvalue weighted by Crippen LogP contribution is -2.34. The molecule has 0 radical (unpaired) electrons. The van der Waals surface area contributed by atoms with E-state index in [0.717, 1.165) is 37.6 Å². The zero-order valence-electron chi connectivity index (χ0n) is 13.9. The standard InChI is InChI=1S/C17H18N6O2/c1-25-16(24)15-10-14-12-21(8-9-23(14)20-15)11-13-4-2-7-22(13)17-18-5-3-6-19-17/h2-7,10H,8-9,11-12H2,1H3. The Hall–Kier alpha value is -3.00. The molecule has 4 rings (SSSR count). The fourth-order valence-electron chi connectivity index (χ4n) is 3.04. The molecular weight excluding hydrogens is 320 g/mol. The van der Waals surface area contributed by atoms with Crippen molar-refractivity contribution in [3.05, 3.63) is 59.9 Å². The molecule has 0 aromatic carbocycles. The predicted molar refractivity (Wildman–Crippen MR) is 89.0 cm³/mol. The average molecular weight is 338 g/mol. The molecule has 4 heterocycles. The second kappa shape index (κ2) is 6.48. The van der Waals surface area contributed by atoms with E-state index in [-0.39, 0.29) is 0 Å². The third-order valence-corrected chi connectivity index (χ3v) is 4.26. The van der Waals surface area contributed by atoms with E-state index in [1.807, 2.05) is 21.5 Å². The fraction of sp³-hybridized carbons (Fsp3) is 0.294. The number of methoxy groups -OCH3 is 1. The molecule has 0 atom stereocenters. The summed E-state index contributed by atoms with van der Waals surface area (Å²) in [6.45, 7) is 3.10. The van der Waals surface area contributed by atoms with Gasteiger partial charge in [-0.15, -0.1) is 0 Å². The number of fused-ring (bicyclic) bond motifs is 1. The molecule has 0 N–H and O–H groups in total. The van der Waals surface area contributed by atoms with E-state index in [4.69, 9.17) is 4.74 Å². The van der Waals surface area contributed by atoms with E-state index in [9.17, 15) is 4.79 Å². The first-order valence-corrected chi connectivity index (χ1v) is 8.05. The highest BCUT2D eigenvalue weighted by atomic mass is 16.5. The minimum atomic E-state index is -0.399. The quantitative estimate of drug-likeness (QED) is 0.667. The Morgan fingerprint density at radius 1 is 1.24 bits per heavy atom. The van der Waals surface area contributed by atoms with Gasteiger partial charge in [-0.25, -0.2) is 14.8 Å². The molecule has 0 saturated heterocycles. The molecule has 0 bridgehead atoms. The lowest BCUT2D eigenvalue weighted by Gasteiger charge is -2.27. The summed E-state index contributed by atoms with van der Waals surface area (Å²) in [5.74, 6) is 0.265. The van der Waals surface area contributed by atoms with Crippen LogP contribution in [-0.2, 0) is 24.4 Å². The molecule has 0 unspecified atom stereocenters. The van der Waals surface area contributed by atoms with Crippen LogP contribution in [0.15, 0.2) is 42.9 Å². The summed E-state index contributed by atoms with van der Waals surface area (Å²) < 4.78 is 8.61. The summed E-state index contributed by atoms with van der Waals surface area (Å²) in [4.78, 5) is 22.6. The number of ether oxygens (including phenoxy) is 1. The van der Waals surface area contributed by atoms with Gasteiger partial charge in [0.1, 0.15) is 0 Å². The molecule has 3 aromatic heterocycles. The third kappa shape index (κ3) is 3.03. The van der Waals surface area contributed by atoms with Crippen molar-refractivity contribution in [2.24, 2.45) is 0 Å². The molecule has 0 fully saturated rings. The van der Waals surface area contributed by atoms with Gasteiger partial charge >= 0.3 is 5.97 Å². The zero-order chi connectivity index (χ0) is 17.2. The number of rotatable bonds is 4. The van der Waals surface area contributed by atoms with Gasteiger partial charge in [-0.2, -0.15) is 5.10 Å². The van der Waals surface area contributed by atoms with Crippen molar-refractivity contribution in [1.82, 2.24) is 29.2 Å². The van der Waals surface area contributed by atoms with Crippen molar-refractivity contribution in [2.75, 3.05) is 13.7 Å². The maximum absolute atomic E-state index is 11.6. The maximum Gasteiger partial charge on any atom is 0.358 e. The van der Waals surface area contributed by atoms with E-state index < -0.39 is 5.97 Å². The van der Waals surface area contributed by atoms with E-state index in [1.165, 1.54) is 7.11 Å². The molecule has 25 heavy (non-hydrogen) atoms.